The number of fused-ring (bicyclic) bond motifs is 1. The molecule has 5 nitrogen and oxygen atoms in total. The summed E-state index contributed by atoms with van der Waals surface area (Å²) in [6, 6.07) is 17.5. The first-order valence-corrected chi connectivity index (χ1v) is 11.0. The average Bonchev–Trinajstić information content (AvgIpc) is 3.15. The number of amides is 1. The molecule has 1 amide bonds. The summed E-state index contributed by atoms with van der Waals surface area (Å²) in [5.74, 6) is 0.954. The van der Waals surface area contributed by atoms with Gasteiger partial charge in [-0.15, -0.1) is 0 Å². The zero-order valence-corrected chi connectivity index (χ0v) is 19.1. The zero-order valence-electron chi connectivity index (χ0n) is 18.4. The van der Waals surface area contributed by atoms with Gasteiger partial charge in [0.15, 0.2) is 18.1 Å². The number of aromatic nitrogens is 1. The Bertz CT molecular complexity index is 1240. The van der Waals surface area contributed by atoms with E-state index >= 15 is 0 Å². The van der Waals surface area contributed by atoms with Gasteiger partial charge in [0.2, 0.25) is 0 Å². The third-order valence-electron chi connectivity index (χ3n) is 5.22. The van der Waals surface area contributed by atoms with Crippen molar-refractivity contribution < 1.29 is 13.9 Å². The number of hydrogen-bond acceptors (Lipinski definition) is 4. The molecule has 32 heavy (non-hydrogen) atoms. The van der Waals surface area contributed by atoms with Crippen molar-refractivity contribution in [3.63, 3.8) is 0 Å². The van der Waals surface area contributed by atoms with Crippen LogP contribution in [0.1, 0.15) is 35.1 Å². The van der Waals surface area contributed by atoms with Crippen LogP contribution in [0.15, 0.2) is 59.0 Å². The van der Waals surface area contributed by atoms with E-state index in [1.54, 1.807) is 0 Å². The van der Waals surface area contributed by atoms with Crippen molar-refractivity contribution in [3.8, 4) is 5.75 Å². The maximum Gasteiger partial charge on any atom is 0.262 e. The van der Waals surface area contributed by atoms with Gasteiger partial charge in [-0.05, 0) is 72.9 Å². The number of ether oxygens (including phenoxy) is 1. The molecule has 0 saturated heterocycles. The molecule has 1 N–H and O–H groups in total. The van der Waals surface area contributed by atoms with Crippen LogP contribution < -0.4 is 10.1 Å². The van der Waals surface area contributed by atoms with E-state index in [1.165, 1.54) is 5.56 Å². The van der Waals surface area contributed by atoms with Crippen LogP contribution in [0.2, 0.25) is 5.02 Å². The smallest absolute Gasteiger partial charge is 0.262 e. The van der Waals surface area contributed by atoms with E-state index in [-0.39, 0.29) is 12.5 Å². The number of aryl methyl sites for hydroxylation is 3. The molecule has 164 valence electrons. The number of benzene rings is 3. The Morgan fingerprint density at radius 3 is 2.53 bits per heavy atom. The third-order valence-corrected chi connectivity index (χ3v) is 5.50. The normalized spacial score (nSPS) is 11.0. The number of oxazole rings is 1. The summed E-state index contributed by atoms with van der Waals surface area (Å²) in [5, 5.41) is 3.35. The summed E-state index contributed by atoms with van der Waals surface area (Å²) >= 11 is 6.23. The molecule has 0 fully saturated rings. The third kappa shape index (κ3) is 5.11. The van der Waals surface area contributed by atoms with E-state index in [2.05, 4.69) is 29.4 Å². The molecule has 0 aliphatic heterocycles. The van der Waals surface area contributed by atoms with E-state index in [1.807, 2.05) is 56.3 Å². The van der Waals surface area contributed by atoms with Crippen LogP contribution in [0.3, 0.4) is 0 Å². The fourth-order valence-corrected chi connectivity index (χ4v) is 3.99. The molecule has 3 aromatic carbocycles. The van der Waals surface area contributed by atoms with Crippen molar-refractivity contribution in [1.29, 1.82) is 0 Å². The average molecular weight is 449 g/mol. The predicted molar refractivity (Wildman–Crippen MR) is 128 cm³/mol. The molecular weight excluding hydrogens is 424 g/mol. The maximum absolute atomic E-state index is 12.3. The lowest BCUT2D eigenvalue weighted by Gasteiger charge is -2.12. The summed E-state index contributed by atoms with van der Waals surface area (Å²) in [4.78, 5) is 16.9. The number of nitrogens with zero attached hydrogens (tertiary/aromatic N) is 1. The zero-order chi connectivity index (χ0) is 22.7. The highest BCUT2D eigenvalue weighted by Gasteiger charge is 2.11. The molecule has 0 aliphatic carbocycles. The van der Waals surface area contributed by atoms with Gasteiger partial charge in [-0.1, -0.05) is 42.8 Å². The predicted octanol–water partition coefficient (Wildman–Crippen LogP) is 6.27. The highest BCUT2D eigenvalue weighted by molar-refractivity contribution is 6.32. The molecule has 4 aromatic rings. The van der Waals surface area contributed by atoms with Crippen molar-refractivity contribution in [2.24, 2.45) is 0 Å². The first-order chi connectivity index (χ1) is 15.4. The Labute approximate surface area is 192 Å². The fourth-order valence-electron chi connectivity index (χ4n) is 3.62. The first-order valence-electron chi connectivity index (χ1n) is 10.6. The number of halogens is 1. The van der Waals surface area contributed by atoms with Gasteiger partial charge in [0.05, 0.1) is 5.02 Å². The molecule has 0 saturated carbocycles. The van der Waals surface area contributed by atoms with Crippen LogP contribution in [0, 0.1) is 13.8 Å². The number of carbonyl (C=O) groups excluding carboxylic acids is 1. The van der Waals surface area contributed by atoms with Crippen LogP contribution in [-0.2, 0) is 17.6 Å². The number of hydrogen-bond donors (Lipinski definition) is 1. The summed E-state index contributed by atoms with van der Waals surface area (Å²) in [6.07, 6.45) is 1.55. The number of rotatable bonds is 7. The topological polar surface area (TPSA) is 64.4 Å². The van der Waals surface area contributed by atoms with Gasteiger partial charge in [-0.3, -0.25) is 4.79 Å². The largest absolute Gasteiger partial charge is 0.482 e. The van der Waals surface area contributed by atoms with Crippen molar-refractivity contribution in [1.82, 2.24) is 4.98 Å². The SMILES string of the molecule is CCc1ccc2oc(Cc3ccc(NC(=O)COc4c(C)cc(C)cc4Cl)cc3)nc2c1. The molecule has 0 spiro atoms. The summed E-state index contributed by atoms with van der Waals surface area (Å²) < 4.78 is 11.5. The molecule has 1 aromatic heterocycles. The van der Waals surface area contributed by atoms with Gasteiger partial charge in [0, 0.05) is 12.1 Å². The summed E-state index contributed by atoms with van der Waals surface area (Å²) in [5.41, 5.74) is 6.60. The minimum absolute atomic E-state index is 0.117. The Hall–Kier alpha value is -3.31. The van der Waals surface area contributed by atoms with Crippen LogP contribution in [0.25, 0.3) is 11.1 Å². The van der Waals surface area contributed by atoms with E-state index in [0.717, 1.165) is 34.2 Å². The van der Waals surface area contributed by atoms with Gasteiger partial charge in [-0.25, -0.2) is 4.98 Å². The van der Waals surface area contributed by atoms with Crippen molar-refractivity contribution >= 4 is 34.3 Å². The lowest BCUT2D eigenvalue weighted by molar-refractivity contribution is -0.118. The maximum atomic E-state index is 12.3. The van der Waals surface area contributed by atoms with Crippen molar-refractivity contribution in [3.05, 3.63) is 87.8 Å². The molecule has 6 heteroatoms. The molecule has 0 bridgehead atoms. The van der Waals surface area contributed by atoms with Crippen LogP contribution in [-0.4, -0.2) is 17.5 Å². The molecule has 4 rings (SSSR count). The molecule has 0 unspecified atom stereocenters. The van der Waals surface area contributed by atoms with E-state index in [4.69, 9.17) is 20.8 Å². The summed E-state index contributed by atoms with van der Waals surface area (Å²) in [7, 11) is 0. The second-order valence-electron chi connectivity index (χ2n) is 7.87. The van der Waals surface area contributed by atoms with Crippen molar-refractivity contribution in [2.45, 2.75) is 33.6 Å². The molecule has 0 atom stereocenters. The van der Waals surface area contributed by atoms with Gasteiger partial charge in [0.1, 0.15) is 11.3 Å². The first kappa shape index (κ1) is 21.9. The molecule has 0 radical (unpaired) electrons. The monoisotopic (exact) mass is 448 g/mol. The van der Waals surface area contributed by atoms with Crippen LogP contribution in [0.4, 0.5) is 5.69 Å². The standard InChI is InChI=1S/C26H25ClN2O3/c1-4-18-7-10-23-22(13-18)29-25(32-23)14-19-5-8-20(9-6-19)28-24(30)15-31-26-17(3)11-16(2)12-21(26)27/h5-13H,4,14-15H2,1-3H3,(H,28,30). The minimum Gasteiger partial charge on any atom is -0.482 e. The molecule has 0 aliphatic rings. The fraction of sp³-hybridized carbons (Fsp3) is 0.231. The lowest BCUT2D eigenvalue weighted by atomic mass is 10.1. The van der Waals surface area contributed by atoms with Gasteiger partial charge >= 0.3 is 0 Å². The van der Waals surface area contributed by atoms with E-state index in [9.17, 15) is 4.79 Å². The van der Waals surface area contributed by atoms with Crippen LogP contribution in [0.5, 0.6) is 5.75 Å². The highest BCUT2D eigenvalue weighted by Crippen LogP contribution is 2.29. The number of nitrogens with one attached hydrogen (secondary N) is 1. The molecule has 1 heterocycles. The van der Waals surface area contributed by atoms with E-state index < -0.39 is 0 Å². The van der Waals surface area contributed by atoms with Gasteiger partial charge in [-0.2, -0.15) is 0 Å². The van der Waals surface area contributed by atoms with E-state index in [0.29, 0.717) is 28.8 Å². The minimum atomic E-state index is -0.250. The quantitative estimate of drug-likeness (QED) is 0.362. The Balaban J connectivity index is 1.35. The number of carbonyl (C=O) groups is 1. The Kier molecular flexibility index (Phi) is 6.47. The van der Waals surface area contributed by atoms with Gasteiger partial charge in [0.25, 0.3) is 5.91 Å². The molecular formula is C26H25ClN2O3. The highest BCUT2D eigenvalue weighted by atomic mass is 35.5. The lowest BCUT2D eigenvalue weighted by Crippen LogP contribution is -2.20. The number of anilines is 1. The second-order valence-corrected chi connectivity index (χ2v) is 8.27. The van der Waals surface area contributed by atoms with Crippen molar-refractivity contribution in [2.75, 3.05) is 11.9 Å². The van der Waals surface area contributed by atoms with Crippen LogP contribution >= 0.6 is 11.6 Å². The van der Waals surface area contributed by atoms with Gasteiger partial charge < -0.3 is 14.5 Å². The summed E-state index contributed by atoms with van der Waals surface area (Å²) in [6.45, 7) is 5.87. The Morgan fingerprint density at radius 1 is 1.06 bits per heavy atom. The Morgan fingerprint density at radius 2 is 1.81 bits per heavy atom. The second kappa shape index (κ2) is 9.45.